The largest absolute Gasteiger partial charge is 0.507 e. The number of likely N-dealkylation sites (N-methyl/N-ethyl adjacent to an activating group) is 1. The summed E-state index contributed by atoms with van der Waals surface area (Å²) in [6, 6.07) is 5.33. The summed E-state index contributed by atoms with van der Waals surface area (Å²) in [5.74, 6) is 1.38. The van der Waals surface area contributed by atoms with E-state index in [9.17, 15) is 5.11 Å². The van der Waals surface area contributed by atoms with Crippen molar-refractivity contribution in [3.63, 3.8) is 0 Å². The van der Waals surface area contributed by atoms with Crippen LogP contribution >= 0.6 is 22.6 Å². The Hall–Kier alpha value is -1.15. The van der Waals surface area contributed by atoms with E-state index in [2.05, 4.69) is 51.5 Å². The van der Waals surface area contributed by atoms with Crippen LogP contribution in [0.5, 0.6) is 5.75 Å². The minimum atomic E-state index is 0.228. The Morgan fingerprint density at radius 1 is 1.30 bits per heavy atom. The van der Waals surface area contributed by atoms with E-state index in [1.165, 1.54) is 0 Å². The Labute approximate surface area is 132 Å². The van der Waals surface area contributed by atoms with Crippen LogP contribution < -0.4 is 0 Å². The first-order valence-corrected chi connectivity index (χ1v) is 7.75. The maximum absolute atomic E-state index is 9.70. The number of phenols is 1. The van der Waals surface area contributed by atoms with Crippen molar-refractivity contribution in [3.05, 3.63) is 27.6 Å². The van der Waals surface area contributed by atoms with Crippen LogP contribution in [0, 0.1) is 3.57 Å². The van der Waals surface area contributed by atoms with Gasteiger partial charge in [0.05, 0.1) is 3.57 Å². The molecule has 1 aromatic carbocycles. The van der Waals surface area contributed by atoms with Crippen LogP contribution in [0.15, 0.2) is 22.7 Å². The average molecular weight is 387 g/mol. The van der Waals surface area contributed by atoms with Gasteiger partial charge in [0, 0.05) is 18.5 Å². The van der Waals surface area contributed by atoms with E-state index in [0.29, 0.717) is 11.7 Å². The van der Waals surface area contributed by atoms with E-state index in [4.69, 9.17) is 4.52 Å². The molecular weight excluding hydrogens is 369 g/mol. The van der Waals surface area contributed by atoms with E-state index in [1.54, 1.807) is 6.07 Å². The molecule has 0 fully saturated rings. The van der Waals surface area contributed by atoms with Crippen LogP contribution in [-0.2, 0) is 6.42 Å². The van der Waals surface area contributed by atoms with Crippen molar-refractivity contribution in [2.24, 2.45) is 0 Å². The summed E-state index contributed by atoms with van der Waals surface area (Å²) in [4.78, 5) is 6.69. The zero-order valence-corrected chi connectivity index (χ0v) is 13.8. The third kappa shape index (κ3) is 3.69. The molecule has 20 heavy (non-hydrogen) atoms. The molecule has 0 saturated carbocycles. The first-order chi connectivity index (χ1) is 9.63. The Kier molecular flexibility index (Phi) is 5.36. The van der Waals surface area contributed by atoms with Crippen molar-refractivity contribution in [1.29, 1.82) is 0 Å². The zero-order chi connectivity index (χ0) is 14.5. The summed E-state index contributed by atoms with van der Waals surface area (Å²) in [5, 5.41) is 13.7. The fourth-order valence-corrected chi connectivity index (χ4v) is 2.25. The lowest BCUT2D eigenvalue weighted by Crippen LogP contribution is -2.25. The van der Waals surface area contributed by atoms with Crippen LogP contribution in [0.2, 0.25) is 0 Å². The SMILES string of the molecule is CCN(CC)CCc1noc(-c2ccc(I)c(O)c2)n1. The number of benzene rings is 1. The molecule has 1 aromatic heterocycles. The summed E-state index contributed by atoms with van der Waals surface area (Å²) >= 11 is 2.07. The molecule has 0 spiro atoms. The summed E-state index contributed by atoms with van der Waals surface area (Å²) in [5.41, 5.74) is 0.740. The Balaban J connectivity index is 2.06. The predicted molar refractivity (Wildman–Crippen MR) is 85.6 cm³/mol. The highest BCUT2D eigenvalue weighted by atomic mass is 127. The van der Waals surface area contributed by atoms with Gasteiger partial charge in [-0.25, -0.2) is 0 Å². The molecule has 2 rings (SSSR count). The highest BCUT2D eigenvalue weighted by Gasteiger charge is 2.11. The molecule has 0 bridgehead atoms. The van der Waals surface area contributed by atoms with Gasteiger partial charge < -0.3 is 14.5 Å². The minimum absolute atomic E-state index is 0.228. The molecule has 6 heteroatoms. The normalized spacial score (nSPS) is 11.2. The van der Waals surface area contributed by atoms with Gasteiger partial charge in [0.2, 0.25) is 0 Å². The number of rotatable bonds is 6. The van der Waals surface area contributed by atoms with Gasteiger partial charge in [-0.05, 0) is 53.9 Å². The summed E-state index contributed by atoms with van der Waals surface area (Å²) in [6.07, 6.45) is 0.765. The van der Waals surface area contributed by atoms with E-state index < -0.39 is 0 Å². The second-order valence-electron chi connectivity index (χ2n) is 4.46. The van der Waals surface area contributed by atoms with Gasteiger partial charge in [-0.3, -0.25) is 0 Å². The topological polar surface area (TPSA) is 62.4 Å². The zero-order valence-electron chi connectivity index (χ0n) is 11.6. The molecule has 108 valence electrons. The van der Waals surface area contributed by atoms with Gasteiger partial charge in [0.25, 0.3) is 5.89 Å². The Morgan fingerprint density at radius 2 is 2.05 bits per heavy atom. The van der Waals surface area contributed by atoms with Crippen molar-refractivity contribution >= 4 is 22.6 Å². The maximum atomic E-state index is 9.70. The van der Waals surface area contributed by atoms with Crippen LogP contribution in [0.3, 0.4) is 0 Å². The second kappa shape index (κ2) is 7.03. The van der Waals surface area contributed by atoms with Crippen LogP contribution in [0.1, 0.15) is 19.7 Å². The van der Waals surface area contributed by atoms with Crippen molar-refractivity contribution in [3.8, 4) is 17.2 Å². The maximum Gasteiger partial charge on any atom is 0.258 e. The molecule has 0 aliphatic heterocycles. The number of hydrogen-bond acceptors (Lipinski definition) is 5. The standard InChI is InChI=1S/C14H18IN3O2/c1-3-18(4-2)8-7-13-16-14(20-17-13)10-5-6-11(15)12(19)9-10/h5-6,9,19H,3-4,7-8H2,1-2H3. The number of halogens is 1. The van der Waals surface area contributed by atoms with Gasteiger partial charge in [0.15, 0.2) is 5.82 Å². The molecule has 2 aromatic rings. The number of phenolic OH excluding ortho intramolecular Hbond substituents is 1. The smallest absolute Gasteiger partial charge is 0.258 e. The average Bonchev–Trinajstić information content (AvgIpc) is 2.92. The van der Waals surface area contributed by atoms with Gasteiger partial charge >= 0.3 is 0 Å². The molecule has 0 unspecified atom stereocenters. The molecule has 0 amide bonds. The molecule has 5 nitrogen and oxygen atoms in total. The Bertz CT molecular complexity index is 567. The lowest BCUT2D eigenvalue weighted by atomic mass is 10.2. The number of aromatic nitrogens is 2. The van der Waals surface area contributed by atoms with Gasteiger partial charge in [0.1, 0.15) is 5.75 Å². The molecule has 0 atom stereocenters. The molecule has 0 radical (unpaired) electrons. The quantitative estimate of drug-likeness (QED) is 0.773. The number of nitrogens with zero attached hydrogens (tertiary/aromatic N) is 3. The van der Waals surface area contributed by atoms with Crippen LogP contribution in [0.25, 0.3) is 11.5 Å². The lowest BCUT2D eigenvalue weighted by Gasteiger charge is -2.16. The molecule has 0 aliphatic carbocycles. The van der Waals surface area contributed by atoms with E-state index >= 15 is 0 Å². The van der Waals surface area contributed by atoms with E-state index in [0.717, 1.165) is 35.2 Å². The van der Waals surface area contributed by atoms with Crippen molar-refractivity contribution < 1.29 is 9.63 Å². The summed E-state index contributed by atoms with van der Waals surface area (Å²) < 4.78 is 6.05. The van der Waals surface area contributed by atoms with Crippen LogP contribution in [-0.4, -0.2) is 39.8 Å². The summed E-state index contributed by atoms with van der Waals surface area (Å²) in [7, 11) is 0. The highest BCUT2D eigenvalue weighted by Crippen LogP contribution is 2.26. The minimum Gasteiger partial charge on any atom is -0.507 e. The molecule has 1 N–H and O–H groups in total. The van der Waals surface area contributed by atoms with E-state index in [1.807, 2.05) is 12.1 Å². The van der Waals surface area contributed by atoms with Crippen molar-refractivity contribution in [1.82, 2.24) is 15.0 Å². The molecule has 0 saturated heterocycles. The van der Waals surface area contributed by atoms with Gasteiger partial charge in [-0.1, -0.05) is 19.0 Å². The second-order valence-corrected chi connectivity index (χ2v) is 5.62. The third-order valence-corrected chi connectivity index (χ3v) is 4.12. The predicted octanol–water partition coefficient (Wildman–Crippen LogP) is 2.93. The van der Waals surface area contributed by atoms with Gasteiger partial charge in [-0.2, -0.15) is 4.98 Å². The Morgan fingerprint density at radius 3 is 2.70 bits per heavy atom. The van der Waals surface area contributed by atoms with E-state index in [-0.39, 0.29) is 5.75 Å². The first kappa shape index (κ1) is 15.2. The number of hydrogen-bond donors (Lipinski definition) is 1. The molecule has 1 heterocycles. The number of aromatic hydroxyl groups is 1. The fraction of sp³-hybridized carbons (Fsp3) is 0.429. The van der Waals surface area contributed by atoms with Crippen LogP contribution in [0.4, 0.5) is 0 Å². The third-order valence-electron chi connectivity index (χ3n) is 3.21. The summed E-state index contributed by atoms with van der Waals surface area (Å²) in [6.45, 7) is 7.24. The fourth-order valence-electron chi connectivity index (χ4n) is 1.92. The highest BCUT2D eigenvalue weighted by molar-refractivity contribution is 14.1. The molecular formula is C14H18IN3O2. The lowest BCUT2D eigenvalue weighted by molar-refractivity contribution is 0.303. The van der Waals surface area contributed by atoms with Crippen molar-refractivity contribution in [2.45, 2.75) is 20.3 Å². The monoisotopic (exact) mass is 387 g/mol. The van der Waals surface area contributed by atoms with Crippen molar-refractivity contribution in [2.75, 3.05) is 19.6 Å². The first-order valence-electron chi connectivity index (χ1n) is 6.67. The molecule has 0 aliphatic rings. The van der Waals surface area contributed by atoms with Gasteiger partial charge in [-0.15, -0.1) is 0 Å².